The summed E-state index contributed by atoms with van der Waals surface area (Å²) >= 11 is 2.75. The van der Waals surface area contributed by atoms with Gasteiger partial charge in [0.15, 0.2) is 15.0 Å². The van der Waals surface area contributed by atoms with E-state index in [1.165, 1.54) is 22.7 Å². The number of thiophene rings is 1. The van der Waals surface area contributed by atoms with Crippen molar-refractivity contribution in [3.8, 4) is 5.75 Å². The Hall–Kier alpha value is -2.17. The van der Waals surface area contributed by atoms with Gasteiger partial charge in [0.05, 0.1) is 33.9 Å². The van der Waals surface area contributed by atoms with Crippen LogP contribution in [-0.4, -0.2) is 44.0 Å². The van der Waals surface area contributed by atoms with E-state index in [1.54, 1.807) is 13.2 Å². The highest BCUT2D eigenvalue weighted by Crippen LogP contribution is 2.36. The van der Waals surface area contributed by atoms with Crippen molar-refractivity contribution in [1.82, 2.24) is 10.3 Å². The minimum absolute atomic E-state index is 0.0176. The first-order chi connectivity index (χ1) is 12.9. The minimum Gasteiger partial charge on any atom is -0.495 e. The van der Waals surface area contributed by atoms with Gasteiger partial charge in [0.2, 0.25) is 0 Å². The number of fused-ring (bicyclic) bond motifs is 1. The number of nitrogens with one attached hydrogen (secondary N) is 2. The Balaban J connectivity index is 1.48. The van der Waals surface area contributed by atoms with E-state index in [2.05, 4.69) is 15.6 Å². The van der Waals surface area contributed by atoms with Gasteiger partial charge in [-0.15, -0.1) is 11.3 Å². The first kappa shape index (κ1) is 18.2. The molecule has 1 atom stereocenters. The van der Waals surface area contributed by atoms with Crippen LogP contribution >= 0.6 is 22.7 Å². The van der Waals surface area contributed by atoms with Gasteiger partial charge in [-0.25, -0.2) is 13.4 Å². The summed E-state index contributed by atoms with van der Waals surface area (Å²) in [6.07, 6.45) is 0.471. The first-order valence-corrected chi connectivity index (χ1v) is 11.7. The molecule has 1 aliphatic rings. The third-order valence-electron chi connectivity index (χ3n) is 4.23. The van der Waals surface area contributed by atoms with E-state index in [4.69, 9.17) is 4.74 Å². The molecule has 1 aromatic carbocycles. The molecule has 0 radical (unpaired) electrons. The zero-order chi connectivity index (χ0) is 19.0. The van der Waals surface area contributed by atoms with E-state index in [0.717, 1.165) is 26.1 Å². The Morgan fingerprint density at radius 2 is 2.11 bits per heavy atom. The summed E-state index contributed by atoms with van der Waals surface area (Å²) in [6.45, 7) is 0. The number of hydrogen-bond acceptors (Lipinski definition) is 8. The van der Waals surface area contributed by atoms with Crippen LogP contribution in [0.15, 0.2) is 30.3 Å². The number of nitrogens with zero attached hydrogens (tertiary/aromatic N) is 1. The molecule has 3 heterocycles. The molecular formula is C17H17N3O4S3. The lowest BCUT2D eigenvalue weighted by Crippen LogP contribution is -2.35. The first-order valence-electron chi connectivity index (χ1n) is 8.25. The molecule has 0 spiro atoms. The van der Waals surface area contributed by atoms with E-state index in [-0.39, 0.29) is 23.5 Å². The smallest absolute Gasteiger partial charge is 0.261 e. The second-order valence-electron chi connectivity index (χ2n) is 6.20. The quantitative estimate of drug-likeness (QED) is 0.655. The monoisotopic (exact) mass is 423 g/mol. The number of sulfone groups is 1. The molecular weight excluding hydrogens is 406 g/mol. The van der Waals surface area contributed by atoms with E-state index in [0.29, 0.717) is 11.3 Å². The van der Waals surface area contributed by atoms with Crippen molar-refractivity contribution in [2.45, 2.75) is 12.5 Å². The standard InChI is InChI=1S/C17H17N3O4S3/c1-24-12-5-3-2-4-11(12)19-17-20-16-14(26-17)8-13(25-16)15(21)18-10-6-7-27(22,23)9-10/h2-5,8,10H,6-7,9H2,1H3,(H,18,21)(H,19,20)/t10-/m0/s1. The number of aromatic nitrogens is 1. The number of hydrogen-bond donors (Lipinski definition) is 2. The Bertz CT molecular complexity index is 1070. The highest BCUT2D eigenvalue weighted by Gasteiger charge is 2.29. The lowest BCUT2D eigenvalue weighted by molar-refractivity contribution is 0.0945. The molecule has 0 saturated carbocycles. The lowest BCUT2D eigenvalue weighted by Gasteiger charge is -2.09. The molecule has 0 unspecified atom stereocenters. The van der Waals surface area contributed by atoms with Crippen LogP contribution < -0.4 is 15.4 Å². The number of carbonyl (C=O) groups excluding carboxylic acids is 1. The molecule has 1 fully saturated rings. The molecule has 27 heavy (non-hydrogen) atoms. The predicted molar refractivity (Wildman–Crippen MR) is 108 cm³/mol. The maximum Gasteiger partial charge on any atom is 0.261 e. The number of thiazole rings is 1. The average molecular weight is 424 g/mol. The zero-order valence-corrected chi connectivity index (χ0v) is 16.8. The van der Waals surface area contributed by atoms with Gasteiger partial charge in [-0.2, -0.15) is 0 Å². The summed E-state index contributed by atoms with van der Waals surface area (Å²) in [4.78, 5) is 18.2. The average Bonchev–Trinajstić information content (AvgIpc) is 3.28. The fourth-order valence-electron chi connectivity index (χ4n) is 2.93. The number of anilines is 2. The Labute approximate surface area is 164 Å². The summed E-state index contributed by atoms with van der Waals surface area (Å²) in [5.41, 5.74) is 0.821. The van der Waals surface area contributed by atoms with E-state index < -0.39 is 9.84 Å². The fourth-order valence-corrected chi connectivity index (χ4v) is 6.63. The molecule has 1 saturated heterocycles. The van der Waals surface area contributed by atoms with Crippen molar-refractivity contribution < 1.29 is 17.9 Å². The van der Waals surface area contributed by atoms with Gasteiger partial charge >= 0.3 is 0 Å². The van der Waals surface area contributed by atoms with Crippen LogP contribution in [0.25, 0.3) is 9.53 Å². The number of benzene rings is 1. The SMILES string of the molecule is COc1ccccc1Nc1nc2sc(C(=O)N[C@H]3CCS(=O)(=O)C3)cc2s1. The number of rotatable bonds is 5. The number of ether oxygens (including phenoxy) is 1. The summed E-state index contributed by atoms with van der Waals surface area (Å²) < 4.78 is 29.3. The van der Waals surface area contributed by atoms with Crippen LogP contribution in [-0.2, 0) is 9.84 Å². The molecule has 4 rings (SSSR count). The largest absolute Gasteiger partial charge is 0.495 e. The summed E-state index contributed by atoms with van der Waals surface area (Å²) in [5, 5.41) is 6.76. The van der Waals surface area contributed by atoms with Crippen molar-refractivity contribution in [1.29, 1.82) is 0 Å². The van der Waals surface area contributed by atoms with Crippen LogP contribution in [0.1, 0.15) is 16.1 Å². The van der Waals surface area contributed by atoms with Gasteiger partial charge in [0.25, 0.3) is 5.91 Å². The van der Waals surface area contributed by atoms with Crippen LogP contribution in [0.2, 0.25) is 0 Å². The molecule has 2 N–H and O–H groups in total. The normalized spacial score (nSPS) is 18.5. The third kappa shape index (κ3) is 3.92. The Kier molecular flexibility index (Phi) is 4.79. The van der Waals surface area contributed by atoms with E-state index in [9.17, 15) is 13.2 Å². The summed E-state index contributed by atoms with van der Waals surface area (Å²) in [6, 6.07) is 9.06. The van der Waals surface area contributed by atoms with Crippen LogP contribution in [0.5, 0.6) is 5.75 Å². The molecule has 1 amide bonds. The number of methoxy groups -OCH3 is 1. The van der Waals surface area contributed by atoms with E-state index >= 15 is 0 Å². The second-order valence-corrected chi connectivity index (χ2v) is 10.5. The molecule has 142 valence electrons. The minimum atomic E-state index is -3.02. The third-order valence-corrected chi connectivity index (χ3v) is 8.07. The highest BCUT2D eigenvalue weighted by atomic mass is 32.2. The van der Waals surface area contributed by atoms with Crippen molar-refractivity contribution in [2.75, 3.05) is 23.9 Å². The van der Waals surface area contributed by atoms with Crippen molar-refractivity contribution in [3.63, 3.8) is 0 Å². The molecule has 0 aliphatic carbocycles. The number of para-hydroxylation sites is 2. The molecule has 1 aliphatic heterocycles. The maximum absolute atomic E-state index is 12.4. The fraction of sp³-hybridized carbons (Fsp3) is 0.294. The number of amides is 1. The Morgan fingerprint density at radius 3 is 2.81 bits per heavy atom. The van der Waals surface area contributed by atoms with Crippen LogP contribution in [0.4, 0.5) is 10.8 Å². The molecule has 7 nitrogen and oxygen atoms in total. The van der Waals surface area contributed by atoms with Crippen molar-refractivity contribution >= 4 is 58.8 Å². The van der Waals surface area contributed by atoms with E-state index in [1.807, 2.05) is 24.3 Å². The second kappa shape index (κ2) is 7.10. The van der Waals surface area contributed by atoms with Crippen molar-refractivity contribution in [3.05, 3.63) is 35.2 Å². The molecule has 0 bridgehead atoms. The Morgan fingerprint density at radius 1 is 1.30 bits per heavy atom. The van der Waals surface area contributed by atoms with Gasteiger partial charge < -0.3 is 15.4 Å². The van der Waals surface area contributed by atoms with Crippen LogP contribution in [0, 0.1) is 0 Å². The summed E-state index contributed by atoms with van der Waals surface area (Å²) in [5.74, 6) is 0.634. The topological polar surface area (TPSA) is 97.4 Å². The van der Waals surface area contributed by atoms with Gasteiger partial charge in [-0.05, 0) is 24.6 Å². The lowest BCUT2D eigenvalue weighted by atomic mass is 10.2. The molecule has 10 heteroatoms. The predicted octanol–water partition coefficient (Wildman–Crippen LogP) is 3.03. The molecule has 2 aromatic heterocycles. The van der Waals surface area contributed by atoms with Gasteiger partial charge in [-0.1, -0.05) is 23.5 Å². The summed E-state index contributed by atoms with van der Waals surface area (Å²) in [7, 11) is -1.41. The highest BCUT2D eigenvalue weighted by molar-refractivity contribution is 7.91. The van der Waals surface area contributed by atoms with Crippen molar-refractivity contribution in [2.24, 2.45) is 0 Å². The van der Waals surface area contributed by atoms with Gasteiger partial charge in [-0.3, -0.25) is 4.79 Å². The zero-order valence-electron chi connectivity index (χ0n) is 14.4. The van der Waals surface area contributed by atoms with Gasteiger partial charge in [0.1, 0.15) is 10.6 Å². The number of carbonyl (C=O) groups is 1. The molecule has 3 aromatic rings. The maximum atomic E-state index is 12.4. The van der Waals surface area contributed by atoms with Gasteiger partial charge in [0, 0.05) is 6.04 Å². The van der Waals surface area contributed by atoms with Crippen LogP contribution in [0.3, 0.4) is 0 Å².